The summed E-state index contributed by atoms with van der Waals surface area (Å²) in [5.74, 6) is 1.57. The molecule has 1 aromatic carbocycles. The van der Waals surface area contributed by atoms with Gasteiger partial charge >= 0.3 is 6.09 Å². The smallest absolute Gasteiger partial charge is 0.410 e. The highest BCUT2D eigenvalue weighted by Crippen LogP contribution is 2.37. The number of anilines is 1. The number of amides is 1. The quantitative estimate of drug-likeness (QED) is 0.142. The van der Waals surface area contributed by atoms with Gasteiger partial charge < -0.3 is 24.0 Å². The summed E-state index contributed by atoms with van der Waals surface area (Å²) in [7, 11) is 1.80. The second kappa shape index (κ2) is 13.4. The van der Waals surface area contributed by atoms with Gasteiger partial charge in [0.05, 0.1) is 37.3 Å². The Bertz CT molecular complexity index is 1610. The summed E-state index contributed by atoms with van der Waals surface area (Å²) >= 11 is 0. The lowest BCUT2D eigenvalue weighted by Gasteiger charge is -2.36. The third kappa shape index (κ3) is 7.24. The number of pyridine rings is 2. The zero-order valence-electron chi connectivity index (χ0n) is 26.2. The molecule has 12 heteroatoms. The number of aromatic nitrogens is 4. The molecule has 0 aliphatic carbocycles. The van der Waals surface area contributed by atoms with Crippen LogP contribution in [0.2, 0.25) is 0 Å². The van der Waals surface area contributed by atoms with Crippen LogP contribution in [0.3, 0.4) is 0 Å². The number of ether oxygens (including phenoxy) is 3. The van der Waals surface area contributed by atoms with Crippen LogP contribution >= 0.6 is 0 Å². The first-order chi connectivity index (χ1) is 21.0. The van der Waals surface area contributed by atoms with Crippen molar-refractivity contribution >= 4 is 33.7 Å². The van der Waals surface area contributed by atoms with Gasteiger partial charge in [0.2, 0.25) is 5.95 Å². The molecule has 0 bridgehead atoms. The zero-order chi connectivity index (χ0) is 31.4. The Hall–Kier alpha value is -3.90. The van der Waals surface area contributed by atoms with Gasteiger partial charge in [-0.15, -0.1) is 0 Å². The van der Waals surface area contributed by atoms with Gasteiger partial charge in [-0.3, -0.25) is 0 Å². The maximum Gasteiger partial charge on any atom is 0.410 e. The van der Waals surface area contributed by atoms with Crippen LogP contribution < -0.4 is 9.64 Å². The fourth-order valence-corrected chi connectivity index (χ4v) is 5.51. The van der Waals surface area contributed by atoms with Gasteiger partial charge in [-0.2, -0.15) is 9.49 Å². The van der Waals surface area contributed by atoms with Crippen molar-refractivity contribution < 1.29 is 23.4 Å². The monoisotopic (exact) mass is 623 g/mol. The number of methoxy groups -OCH3 is 1. The molecular weight excluding hydrogens is 583 g/mol. The van der Waals surface area contributed by atoms with Crippen molar-refractivity contribution in [3.8, 4) is 28.1 Å². The number of piperazine rings is 1. The molecule has 10 nitrogen and oxygen atoms in total. The van der Waals surface area contributed by atoms with E-state index in [2.05, 4.69) is 27.4 Å². The lowest BCUT2D eigenvalue weighted by molar-refractivity contribution is 0.0240. The average Bonchev–Trinajstić information content (AvgIpc) is 3.36. The Morgan fingerprint density at radius 2 is 1.75 bits per heavy atom. The first kappa shape index (κ1) is 31.5. The Balaban J connectivity index is 1.47. The van der Waals surface area contributed by atoms with Crippen LogP contribution in [-0.2, 0) is 27.1 Å². The van der Waals surface area contributed by atoms with Crippen LogP contribution in [0.25, 0.3) is 33.3 Å². The van der Waals surface area contributed by atoms with E-state index in [0.717, 1.165) is 33.7 Å². The van der Waals surface area contributed by atoms with E-state index < -0.39 is 11.5 Å². The summed E-state index contributed by atoms with van der Waals surface area (Å²) in [6.45, 7) is 8.85. The first-order valence-electron chi connectivity index (χ1n) is 14.5. The maximum atomic E-state index is 15.0. The highest BCUT2D eigenvalue weighted by Gasteiger charge is 2.27. The maximum absolute atomic E-state index is 15.0. The third-order valence-corrected chi connectivity index (χ3v) is 8.23. The normalized spacial score (nSPS) is 14.0. The topological polar surface area (TPSA) is 94.8 Å². The van der Waals surface area contributed by atoms with E-state index in [4.69, 9.17) is 19.3 Å². The molecule has 0 unspecified atom stereocenters. The summed E-state index contributed by atoms with van der Waals surface area (Å²) in [5.41, 5.74) is 2.86. The average molecular weight is 624 g/mol. The number of carbonyl (C=O) groups excluding carboxylic acids is 1. The van der Waals surface area contributed by atoms with Crippen LogP contribution in [0, 0.1) is 5.95 Å². The molecular formula is C32H40FN6O4S+. The van der Waals surface area contributed by atoms with E-state index >= 15 is 0 Å². The van der Waals surface area contributed by atoms with E-state index in [-0.39, 0.29) is 17.0 Å². The van der Waals surface area contributed by atoms with Gasteiger partial charge in [-0.05, 0) is 67.6 Å². The van der Waals surface area contributed by atoms with Crippen molar-refractivity contribution in [2.45, 2.75) is 33.1 Å². The fourth-order valence-electron chi connectivity index (χ4n) is 5.06. The second-order valence-electron chi connectivity index (χ2n) is 11.8. The van der Waals surface area contributed by atoms with Crippen molar-refractivity contribution in [2.75, 3.05) is 63.1 Å². The number of benzene rings is 1. The minimum absolute atomic E-state index is 0.282. The van der Waals surface area contributed by atoms with E-state index in [1.54, 1.807) is 17.2 Å². The van der Waals surface area contributed by atoms with Crippen LogP contribution in [0.4, 0.5) is 15.0 Å². The van der Waals surface area contributed by atoms with Crippen molar-refractivity contribution in [2.24, 2.45) is 0 Å². The molecule has 1 aliphatic heterocycles. The molecule has 1 aliphatic rings. The summed E-state index contributed by atoms with van der Waals surface area (Å²) in [6.07, 6.45) is 7.24. The summed E-state index contributed by atoms with van der Waals surface area (Å²) in [6, 6.07) is 11.3. The Kier molecular flexibility index (Phi) is 9.59. The summed E-state index contributed by atoms with van der Waals surface area (Å²) in [4.78, 5) is 24.9. The summed E-state index contributed by atoms with van der Waals surface area (Å²) in [5, 5.41) is 5.81. The van der Waals surface area contributed by atoms with E-state index in [9.17, 15) is 9.18 Å². The van der Waals surface area contributed by atoms with Gasteiger partial charge in [-0.1, -0.05) is 6.07 Å². The SMILES string of the molecule is COc1ccnc(F)c1-c1ccc2c(c1)c(-c1ccnc(N3CCN(C(=O)OC(C)(C)C)CC3)c1)nn2COCC[S+](C)C. The van der Waals surface area contributed by atoms with Crippen LogP contribution in [0.15, 0.2) is 48.8 Å². The fraction of sp³-hybridized carbons (Fsp3) is 0.438. The number of nitrogens with zero attached hydrogens (tertiary/aromatic N) is 6. The molecule has 4 heterocycles. The van der Waals surface area contributed by atoms with Crippen molar-refractivity contribution in [3.05, 3.63) is 54.7 Å². The molecule has 4 aromatic rings. The van der Waals surface area contributed by atoms with E-state index in [0.29, 0.717) is 56.4 Å². The number of fused-ring (bicyclic) bond motifs is 1. The standard InChI is InChI=1S/C32H40FN6O4S/c1-32(2,3)43-31(40)38-15-13-37(14-16-38)27-20-23(9-11-34-27)29-24-19-22(28-26(41-4)10-12-35-30(28)33)7-8-25(24)39(36-29)21-42-17-18-44(5)6/h7-12,19-20H,13-18,21H2,1-6H3/q+1. The number of halogens is 1. The van der Waals surface area contributed by atoms with Gasteiger partial charge in [0.25, 0.3) is 0 Å². The van der Waals surface area contributed by atoms with Gasteiger partial charge in [0, 0.05) is 49.5 Å². The Labute approximate surface area is 260 Å². The lowest BCUT2D eigenvalue weighted by atomic mass is 10.0. The number of rotatable bonds is 9. The van der Waals surface area contributed by atoms with Crippen LogP contribution in [0.1, 0.15) is 20.8 Å². The van der Waals surface area contributed by atoms with Crippen molar-refractivity contribution in [3.63, 3.8) is 0 Å². The number of hydrogen-bond donors (Lipinski definition) is 0. The zero-order valence-corrected chi connectivity index (χ0v) is 27.0. The van der Waals surface area contributed by atoms with Gasteiger partial charge in [-0.25, -0.2) is 19.4 Å². The number of hydrogen-bond acceptors (Lipinski definition) is 8. The van der Waals surface area contributed by atoms with Gasteiger partial charge in [0.1, 0.15) is 35.3 Å². The minimum atomic E-state index is -0.604. The first-order valence-corrected chi connectivity index (χ1v) is 16.8. The molecule has 0 saturated carbocycles. The molecule has 1 fully saturated rings. The third-order valence-electron chi connectivity index (χ3n) is 7.25. The Morgan fingerprint density at radius 1 is 1.00 bits per heavy atom. The Morgan fingerprint density at radius 3 is 2.45 bits per heavy atom. The summed E-state index contributed by atoms with van der Waals surface area (Å²) < 4.78 is 33.8. The van der Waals surface area contributed by atoms with Crippen LogP contribution in [-0.4, -0.2) is 94.5 Å². The molecule has 0 atom stereocenters. The predicted molar refractivity (Wildman–Crippen MR) is 173 cm³/mol. The minimum Gasteiger partial charge on any atom is -0.496 e. The van der Waals surface area contributed by atoms with Crippen LogP contribution in [0.5, 0.6) is 5.75 Å². The number of carbonyl (C=O) groups is 1. The molecule has 0 radical (unpaired) electrons. The predicted octanol–water partition coefficient (Wildman–Crippen LogP) is 5.22. The lowest BCUT2D eigenvalue weighted by Crippen LogP contribution is -2.50. The molecule has 1 amide bonds. The molecule has 0 spiro atoms. The van der Waals surface area contributed by atoms with Gasteiger partial charge in [0.15, 0.2) is 0 Å². The molecule has 234 valence electrons. The molecule has 44 heavy (non-hydrogen) atoms. The molecule has 3 aromatic heterocycles. The second-order valence-corrected chi connectivity index (χ2v) is 14.2. The van der Waals surface area contributed by atoms with E-state index in [1.807, 2.05) is 55.8 Å². The van der Waals surface area contributed by atoms with E-state index in [1.165, 1.54) is 13.3 Å². The highest BCUT2D eigenvalue weighted by molar-refractivity contribution is 7.95. The van der Waals surface area contributed by atoms with Crippen molar-refractivity contribution in [1.29, 1.82) is 0 Å². The van der Waals surface area contributed by atoms with Crippen molar-refractivity contribution in [1.82, 2.24) is 24.6 Å². The highest BCUT2D eigenvalue weighted by atomic mass is 32.2. The molecule has 5 rings (SSSR count). The largest absolute Gasteiger partial charge is 0.496 e. The molecule has 1 saturated heterocycles. The molecule has 0 N–H and O–H groups in total.